The Hall–Kier alpha value is -1.07. The minimum Gasteiger partial charge on any atom is -0.371 e. The zero-order valence-corrected chi connectivity index (χ0v) is 11.7. The quantitative estimate of drug-likeness (QED) is 0.904. The van der Waals surface area contributed by atoms with Crippen molar-refractivity contribution in [1.29, 1.82) is 0 Å². The summed E-state index contributed by atoms with van der Waals surface area (Å²) < 4.78 is 25.1. The molecule has 18 heavy (non-hydrogen) atoms. The van der Waals surface area contributed by atoms with Crippen molar-refractivity contribution in [3.05, 3.63) is 29.8 Å². The fourth-order valence-electron chi connectivity index (χ4n) is 2.46. The predicted octanol–water partition coefficient (Wildman–Crippen LogP) is 1.51. The van der Waals surface area contributed by atoms with Gasteiger partial charge in [0.1, 0.15) is 0 Å². The van der Waals surface area contributed by atoms with Gasteiger partial charge in [-0.25, -0.2) is 13.1 Å². The van der Waals surface area contributed by atoms with Crippen LogP contribution in [0.1, 0.15) is 18.4 Å². The summed E-state index contributed by atoms with van der Waals surface area (Å²) in [4.78, 5) is 2.33. The van der Waals surface area contributed by atoms with E-state index in [9.17, 15) is 8.42 Å². The molecule has 0 aromatic heterocycles. The Bertz CT molecular complexity index is 505. The molecular formula is C13H20N2O2S. The topological polar surface area (TPSA) is 49.4 Å². The largest absolute Gasteiger partial charge is 0.371 e. The Morgan fingerprint density at radius 3 is 2.39 bits per heavy atom. The minimum atomic E-state index is -3.08. The Balaban J connectivity index is 1.97. The van der Waals surface area contributed by atoms with Crippen LogP contribution >= 0.6 is 0 Å². The summed E-state index contributed by atoms with van der Waals surface area (Å²) in [5.41, 5.74) is 2.53. The van der Waals surface area contributed by atoms with Crippen molar-refractivity contribution in [3.63, 3.8) is 0 Å². The first-order valence-electron chi connectivity index (χ1n) is 6.23. The lowest BCUT2D eigenvalue weighted by molar-refractivity contribution is 0.461. The third-order valence-electron chi connectivity index (χ3n) is 3.33. The maximum atomic E-state index is 11.2. The minimum absolute atomic E-state index is 0.0836. The molecule has 4 nitrogen and oxygen atoms in total. The molecule has 0 aliphatic carbocycles. The van der Waals surface area contributed by atoms with Gasteiger partial charge in [0.2, 0.25) is 10.0 Å². The van der Waals surface area contributed by atoms with Crippen molar-refractivity contribution in [3.8, 4) is 0 Å². The molecule has 1 saturated heterocycles. The summed E-state index contributed by atoms with van der Waals surface area (Å²) in [5.74, 6) is 0. The van der Waals surface area contributed by atoms with Gasteiger partial charge in [0.05, 0.1) is 6.26 Å². The van der Waals surface area contributed by atoms with Gasteiger partial charge < -0.3 is 4.90 Å². The molecule has 1 aromatic rings. The number of sulfonamides is 1. The van der Waals surface area contributed by atoms with E-state index in [-0.39, 0.29) is 6.04 Å². The maximum absolute atomic E-state index is 11.2. The number of rotatable bonds is 3. The monoisotopic (exact) mass is 268 g/mol. The number of nitrogens with zero attached hydrogens (tertiary/aromatic N) is 1. The average Bonchev–Trinajstić information content (AvgIpc) is 2.29. The first-order chi connectivity index (χ1) is 8.46. The molecular weight excluding hydrogens is 248 g/mol. The number of nitrogens with one attached hydrogen (secondary N) is 1. The lowest BCUT2D eigenvalue weighted by Gasteiger charge is -2.34. The summed E-state index contributed by atoms with van der Waals surface area (Å²) in [6.07, 6.45) is 2.95. The van der Waals surface area contributed by atoms with Crippen molar-refractivity contribution in [1.82, 2.24) is 4.72 Å². The van der Waals surface area contributed by atoms with E-state index in [0.717, 1.165) is 25.9 Å². The molecule has 0 spiro atoms. The van der Waals surface area contributed by atoms with Gasteiger partial charge in [-0.1, -0.05) is 18.2 Å². The van der Waals surface area contributed by atoms with Crippen LogP contribution in [-0.4, -0.2) is 33.8 Å². The molecule has 0 radical (unpaired) electrons. The number of hydrogen-bond acceptors (Lipinski definition) is 3. The molecule has 0 saturated carbocycles. The number of hydrogen-bond donors (Lipinski definition) is 1. The second-order valence-electron chi connectivity index (χ2n) is 4.94. The van der Waals surface area contributed by atoms with Gasteiger partial charge >= 0.3 is 0 Å². The molecule has 0 amide bonds. The molecule has 1 fully saturated rings. The van der Waals surface area contributed by atoms with Crippen LogP contribution in [0, 0.1) is 6.92 Å². The van der Waals surface area contributed by atoms with E-state index in [1.807, 2.05) is 12.1 Å². The highest BCUT2D eigenvalue weighted by molar-refractivity contribution is 7.88. The number of benzene rings is 1. The predicted molar refractivity (Wildman–Crippen MR) is 74.4 cm³/mol. The summed E-state index contributed by atoms with van der Waals surface area (Å²) in [5, 5.41) is 0. The smallest absolute Gasteiger partial charge is 0.208 e. The van der Waals surface area contributed by atoms with E-state index in [1.54, 1.807) is 0 Å². The van der Waals surface area contributed by atoms with Gasteiger partial charge in [0, 0.05) is 24.8 Å². The molecule has 1 aromatic carbocycles. The van der Waals surface area contributed by atoms with Crippen molar-refractivity contribution in [2.75, 3.05) is 24.2 Å². The van der Waals surface area contributed by atoms with E-state index in [0.29, 0.717) is 0 Å². The molecule has 1 aliphatic rings. The Morgan fingerprint density at radius 2 is 1.83 bits per heavy atom. The summed E-state index contributed by atoms with van der Waals surface area (Å²) in [6.45, 7) is 3.91. The summed E-state index contributed by atoms with van der Waals surface area (Å²) >= 11 is 0. The van der Waals surface area contributed by atoms with E-state index in [1.165, 1.54) is 17.5 Å². The van der Waals surface area contributed by atoms with Crippen LogP contribution in [0.25, 0.3) is 0 Å². The number of para-hydroxylation sites is 1. The van der Waals surface area contributed by atoms with Crippen LogP contribution < -0.4 is 9.62 Å². The molecule has 0 unspecified atom stereocenters. The zero-order chi connectivity index (χ0) is 13.2. The van der Waals surface area contributed by atoms with Gasteiger partial charge in [-0.2, -0.15) is 0 Å². The zero-order valence-electron chi connectivity index (χ0n) is 10.9. The van der Waals surface area contributed by atoms with Crippen molar-refractivity contribution in [2.24, 2.45) is 0 Å². The lowest BCUT2D eigenvalue weighted by Crippen LogP contribution is -2.44. The molecule has 5 heteroatoms. The molecule has 0 bridgehead atoms. The van der Waals surface area contributed by atoms with Crippen LogP contribution in [0.4, 0.5) is 5.69 Å². The van der Waals surface area contributed by atoms with Crippen molar-refractivity contribution >= 4 is 15.7 Å². The van der Waals surface area contributed by atoms with E-state index in [4.69, 9.17) is 0 Å². The van der Waals surface area contributed by atoms with Gasteiger partial charge in [0.25, 0.3) is 0 Å². The summed E-state index contributed by atoms with van der Waals surface area (Å²) in [7, 11) is -3.08. The van der Waals surface area contributed by atoms with E-state index >= 15 is 0 Å². The Labute approximate surface area is 109 Å². The third kappa shape index (κ3) is 3.46. The molecule has 1 N–H and O–H groups in total. The van der Waals surface area contributed by atoms with Crippen LogP contribution in [0.15, 0.2) is 24.3 Å². The second-order valence-corrected chi connectivity index (χ2v) is 6.72. The van der Waals surface area contributed by atoms with Crippen LogP contribution in [0.5, 0.6) is 0 Å². The van der Waals surface area contributed by atoms with Gasteiger partial charge in [-0.05, 0) is 31.4 Å². The molecule has 2 rings (SSSR count). The highest BCUT2D eigenvalue weighted by Crippen LogP contribution is 2.23. The first-order valence-corrected chi connectivity index (χ1v) is 8.13. The molecule has 1 aliphatic heterocycles. The van der Waals surface area contributed by atoms with E-state index < -0.39 is 10.0 Å². The fourth-order valence-corrected chi connectivity index (χ4v) is 3.30. The standard InChI is InChI=1S/C13H20N2O2S/c1-11-5-3-4-6-13(11)15-9-7-12(8-10-15)14-18(2,16)17/h3-6,12,14H,7-10H2,1-2H3. The highest BCUT2D eigenvalue weighted by atomic mass is 32.2. The highest BCUT2D eigenvalue weighted by Gasteiger charge is 2.22. The molecule has 100 valence electrons. The third-order valence-corrected chi connectivity index (χ3v) is 4.09. The van der Waals surface area contributed by atoms with Gasteiger partial charge in [0.15, 0.2) is 0 Å². The lowest BCUT2D eigenvalue weighted by atomic mass is 10.0. The Morgan fingerprint density at radius 1 is 1.22 bits per heavy atom. The number of aryl methyl sites for hydroxylation is 1. The number of anilines is 1. The van der Waals surface area contributed by atoms with Crippen LogP contribution in [-0.2, 0) is 10.0 Å². The van der Waals surface area contributed by atoms with Crippen molar-refractivity contribution in [2.45, 2.75) is 25.8 Å². The molecule has 1 heterocycles. The second kappa shape index (κ2) is 5.28. The van der Waals surface area contributed by atoms with Gasteiger partial charge in [-0.3, -0.25) is 0 Å². The normalized spacial score (nSPS) is 18.0. The van der Waals surface area contributed by atoms with Crippen molar-refractivity contribution < 1.29 is 8.42 Å². The Kier molecular flexibility index (Phi) is 3.92. The number of piperidine rings is 1. The van der Waals surface area contributed by atoms with E-state index in [2.05, 4.69) is 28.7 Å². The maximum Gasteiger partial charge on any atom is 0.208 e. The summed E-state index contributed by atoms with van der Waals surface area (Å²) in [6, 6.07) is 8.40. The van der Waals surface area contributed by atoms with Crippen LogP contribution in [0.2, 0.25) is 0 Å². The molecule has 0 atom stereocenters. The SMILES string of the molecule is Cc1ccccc1N1CCC(NS(C)(=O)=O)CC1. The van der Waals surface area contributed by atoms with Crippen LogP contribution in [0.3, 0.4) is 0 Å². The fraction of sp³-hybridized carbons (Fsp3) is 0.538. The average molecular weight is 268 g/mol. The first kappa shape index (κ1) is 13.4. The van der Waals surface area contributed by atoms with Gasteiger partial charge in [-0.15, -0.1) is 0 Å².